The van der Waals surface area contributed by atoms with Gasteiger partial charge in [0.1, 0.15) is 0 Å². The van der Waals surface area contributed by atoms with E-state index in [-0.39, 0.29) is 10.8 Å². The standard InChI is InChI=1S/C20H28S/c1-19(2,3)15-7-11-17(12-8-15)21-18-13-9-16(10-14-18)20(4,5)6/h7-13,18H,14H2,1-6H3. The van der Waals surface area contributed by atoms with Crippen LogP contribution in [0, 0.1) is 5.41 Å². The second kappa shape index (κ2) is 6.04. The normalized spacial score (nSPS) is 19.5. The first kappa shape index (κ1) is 16.4. The fourth-order valence-corrected chi connectivity index (χ4v) is 3.44. The Bertz CT molecular complexity index is 533. The second-order valence-electron chi connectivity index (χ2n) is 7.93. The molecule has 21 heavy (non-hydrogen) atoms. The maximum absolute atomic E-state index is 2.40. The van der Waals surface area contributed by atoms with Crippen LogP contribution in [-0.2, 0) is 5.41 Å². The van der Waals surface area contributed by atoms with Crippen molar-refractivity contribution in [3.8, 4) is 0 Å². The summed E-state index contributed by atoms with van der Waals surface area (Å²) in [7, 11) is 0. The third kappa shape index (κ3) is 4.51. The van der Waals surface area contributed by atoms with Crippen LogP contribution in [0.2, 0.25) is 0 Å². The van der Waals surface area contributed by atoms with Gasteiger partial charge in [0.05, 0.1) is 0 Å². The van der Waals surface area contributed by atoms with Gasteiger partial charge >= 0.3 is 0 Å². The first-order valence-electron chi connectivity index (χ1n) is 7.82. The Morgan fingerprint density at radius 3 is 1.95 bits per heavy atom. The molecule has 0 saturated carbocycles. The van der Waals surface area contributed by atoms with E-state index in [9.17, 15) is 0 Å². The largest absolute Gasteiger partial charge is 0.118 e. The van der Waals surface area contributed by atoms with Crippen LogP contribution >= 0.6 is 11.8 Å². The van der Waals surface area contributed by atoms with Crippen molar-refractivity contribution in [1.29, 1.82) is 0 Å². The predicted molar refractivity (Wildman–Crippen MR) is 96.1 cm³/mol. The molecule has 1 unspecified atom stereocenters. The van der Waals surface area contributed by atoms with E-state index in [2.05, 4.69) is 84.0 Å². The number of rotatable bonds is 2. The summed E-state index contributed by atoms with van der Waals surface area (Å²) in [6.45, 7) is 13.6. The molecule has 1 aromatic rings. The molecule has 1 heteroatoms. The van der Waals surface area contributed by atoms with E-state index in [0.29, 0.717) is 5.25 Å². The van der Waals surface area contributed by atoms with Crippen molar-refractivity contribution >= 4 is 11.8 Å². The van der Waals surface area contributed by atoms with Gasteiger partial charge in [0.25, 0.3) is 0 Å². The molecule has 0 nitrogen and oxygen atoms in total. The number of allylic oxidation sites excluding steroid dienone is 3. The third-order valence-electron chi connectivity index (χ3n) is 3.93. The van der Waals surface area contributed by atoms with Gasteiger partial charge in [0.2, 0.25) is 0 Å². The molecular weight excluding hydrogens is 272 g/mol. The van der Waals surface area contributed by atoms with Crippen molar-refractivity contribution in [2.75, 3.05) is 0 Å². The van der Waals surface area contributed by atoms with E-state index in [4.69, 9.17) is 0 Å². The fourth-order valence-electron chi connectivity index (χ4n) is 2.45. The molecule has 0 bridgehead atoms. The van der Waals surface area contributed by atoms with Crippen LogP contribution in [0.3, 0.4) is 0 Å². The Morgan fingerprint density at radius 2 is 1.52 bits per heavy atom. The Balaban J connectivity index is 1.99. The van der Waals surface area contributed by atoms with Gasteiger partial charge in [-0.05, 0) is 40.5 Å². The van der Waals surface area contributed by atoms with E-state index < -0.39 is 0 Å². The van der Waals surface area contributed by atoms with E-state index in [1.54, 1.807) is 0 Å². The van der Waals surface area contributed by atoms with Crippen LogP contribution in [0.15, 0.2) is 53.0 Å². The Labute approximate surface area is 134 Å². The molecule has 114 valence electrons. The summed E-state index contributed by atoms with van der Waals surface area (Å²) < 4.78 is 0. The SMILES string of the molecule is CC(C)(C)C1=CCC(Sc2ccc(C(C)(C)C)cc2)C=C1. The molecule has 0 aliphatic heterocycles. The molecule has 1 aliphatic carbocycles. The molecule has 0 saturated heterocycles. The highest BCUT2D eigenvalue weighted by molar-refractivity contribution is 8.00. The van der Waals surface area contributed by atoms with Gasteiger partial charge in [-0.3, -0.25) is 0 Å². The van der Waals surface area contributed by atoms with Gasteiger partial charge in [-0.1, -0.05) is 71.9 Å². The maximum atomic E-state index is 2.40. The van der Waals surface area contributed by atoms with Gasteiger partial charge in [-0.2, -0.15) is 0 Å². The molecule has 0 aromatic heterocycles. The van der Waals surface area contributed by atoms with E-state index in [1.165, 1.54) is 16.0 Å². The minimum absolute atomic E-state index is 0.234. The van der Waals surface area contributed by atoms with E-state index in [0.717, 1.165) is 6.42 Å². The van der Waals surface area contributed by atoms with Gasteiger partial charge < -0.3 is 0 Å². The smallest absolute Gasteiger partial charge is 0.0312 e. The Hall–Kier alpha value is -0.950. The molecule has 0 spiro atoms. The lowest BCUT2D eigenvalue weighted by Crippen LogP contribution is -2.12. The Morgan fingerprint density at radius 1 is 0.905 bits per heavy atom. The van der Waals surface area contributed by atoms with Crippen LogP contribution in [-0.4, -0.2) is 5.25 Å². The monoisotopic (exact) mass is 300 g/mol. The highest BCUT2D eigenvalue weighted by atomic mass is 32.2. The van der Waals surface area contributed by atoms with Crippen LogP contribution in [0.25, 0.3) is 0 Å². The zero-order chi connectivity index (χ0) is 15.7. The van der Waals surface area contributed by atoms with Crippen molar-refractivity contribution < 1.29 is 0 Å². The lowest BCUT2D eigenvalue weighted by Gasteiger charge is -2.25. The lowest BCUT2D eigenvalue weighted by atomic mass is 9.84. The molecular formula is C20H28S. The van der Waals surface area contributed by atoms with Crippen molar-refractivity contribution in [3.63, 3.8) is 0 Å². The molecule has 1 atom stereocenters. The first-order valence-corrected chi connectivity index (χ1v) is 8.70. The summed E-state index contributed by atoms with van der Waals surface area (Å²) in [5, 5.41) is 0.566. The first-order chi connectivity index (χ1) is 9.66. The molecule has 0 fully saturated rings. The van der Waals surface area contributed by atoms with Gasteiger partial charge in [-0.25, -0.2) is 0 Å². The Kier molecular flexibility index (Phi) is 4.72. The number of hydrogen-bond acceptors (Lipinski definition) is 1. The molecule has 1 aromatic carbocycles. The van der Waals surface area contributed by atoms with Crippen LogP contribution in [0.5, 0.6) is 0 Å². The van der Waals surface area contributed by atoms with Crippen LogP contribution in [0.1, 0.15) is 53.5 Å². The summed E-state index contributed by atoms with van der Waals surface area (Å²) in [5.41, 5.74) is 3.36. The molecule has 0 amide bonds. The zero-order valence-corrected chi connectivity index (χ0v) is 15.1. The highest BCUT2D eigenvalue weighted by Crippen LogP contribution is 2.35. The minimum Gasteiger partial charge on any atom is -0.118 e. The summed E-state index contributed by atoms with van der Waals surface area (Å²) in [4.78, 5) is 1.37. The molecule has 1 aliphatic rings. The fraction of sp³-hybridized carbons (Fsp3) is 0.500. The average Bonchev–Trinajstić information content (AvgIpc) is 2.38. The minimum atomic E-state index is 0.234. The summed E-state index contributed by atoms with van der Waals surface area (Å²) in [6, 6.07) is 9.07. The van der Waals surface area contributed by atoms with Crippen molar-refractivity contribution in [2.24, 2.45) is 5.41 Å². The highest BCUT2D eigenvalue weighted by Gasteiger charge is 2.19. The summed E-state index contributed by atoms with van der Waals surface area (Å²) >= 11 is 1.97. The lowest BCUT2D eigenvalue weighted by molar-refractivity contribution is 0.512. The van der Waals surface area contributed by atoms with Crippen molar-refractivity contribution in [1.82, 2.24) is 0 Å². The topological polar surface area (TPSA) is 0 Å². The molecule has 0 N–H and O–H groups in total. The van der Waals surface area contributed by atoms with Crippen molar-refractivity contribution in [3.05, 3.63) is 53.6 Å². The predicted octanol–water partition coefficient (Wildman–Crippen LogP) is 6.38. The van der Waals surface area contributed by atoms with Crippen molar-refractivity contribution in [2.45, 2.75) is 63.5 Å². The maximum Gasteiger partial charge on any atom is 0.0312 e. The number of hydrogen-bond donors (Lipinski definition) is 0. The zero-order valence-electron chi connectivity index (χ0n) is 14.2. The van der Waals surface area contributed by atoms with E-state index >= 15 is 0 Å². The molecule has 0 radical (unpaired) electrons. The van der Waals surface area contributed by atoms with Gasteiger partial charge in [-0.15, -0.1) is 11.8 Å². The van der Waals surface area contributed by atoms with Crippen LogP contribution < -0.4 is 0 Å². The molecule has 2 rings (SSSR count). The summed E-state index contributed by atoms with van der Waals surface area (Å²) in [6.07, 6.45) is 8.21. The average molecular weight is 301 g/mol. The van der Waals surface area contributed by atoms with Crippen LogP contribution in [0.4, 0.5) is 0 Å². The quantitative estimate of drug-likeness (QED) is 0.611. The van der Waals surface area contributed by atoms with Gasteiger partial charge in [0, 0.05) is 10.1 Å². The third-order valence-corrected chi connectivity index (χ3v) is 5.13. The van der Waals surface area contributed by atoms with Gasteiger partial charge in [0.15, 0.2) is 0 Å². The number of benzene rings is 1. The molecule has 0 heterocycles. The second-order valence-corrected chi connectivity index (χ2v) is 9.25. The van der Waals surface area contributed by atoms with E-state index in [1.807, 2.05) is 11.8 Å². The summed E-state index contributed by atoms with van der Waals surface area (Å²) in [5.74, 6) is 0. The number of thioether (sulfide) groups is 1.